The van der Waals surface area contributed by atoms with Gasteiger partial charge in [0.25, 0.3) is 0 Å². The molecule has 1 atom stereocenters. The Bertz CT molecular complexity index is 1220. The molecule has 0 radical (unpaired) electrons. The maximum absolute atomic E-state index is 12.8. The second-order valence-corrected chi connectivity index (χ2v) is 8.57. The highest BCUT2D eigenvalue weighted by Gasteiger charge is 2.40. The third-order valence-electron chi connectivity index (χ3n) is 6.30. The lowest BCUT2D eigenvalue weighted by Gasteiger charge is -2.48. The molecule has 34 heavy (non-hydrogen) atoms. The van der Waals surface area contributed by atoms with Crippen LogP contribution in [0.5, 0.6) is 5.75 Å². The number of halogens is 3. The van der Waals surface area contributed by atoms with Crippen LogP contribution < -0.4 is 4.90 Å². The normalized spacial score (nSPS) is 18.2. The van der Waals surface area contributed by atoms with Gasteiger partial charge in [0.05, 0.1) is 12.0 Å². The standard InChI is InChI=1S/C27H24F3NO3/c1-26(21-7-2-18(3-8-21)6-13-25(33)34)24-12-11-23(32)16-20(24)14-15-31(26)22-9-4-19(5-10-22)17-27(28,29)30/h2-13,16,32H,14-15,17H2,1H3,(H,33,34). The van der Waals surface area contributed by atoms with Crippen molar-refractivity contribution in [3.8, 4) is 5.75 Å². The van der Waals surface area contributed by atoms with Crippen LogP contribution in [0.4, 0.5) is 18.9 Å². The maximum Gasteiger partial charge on any atom is 0.393 e. The molecule has 1 aliphatic rings. The summed E-state index contributed by atoms with van der Waals surface area (Å²) < 4.78 is 38.4. The summed E-state index contributed by atoms with van der Waals surface area (Å²) in [5.41, 5.74) is 4.00. The van der Waals surface area contributed by atoms with Gasteiger partial charge in [-0.05, 0) is 71.5 Å². The molecule has 0 aromatic heterocycles. The number of benzene rings is 3. The number of carbonyl (C=O) groups is 1. The molecule has 0 bridgehead atoms. The number of fused-ring (bicyclic) bond motifs is 1. The van der Waals surface area contributed by atoms with Gasteiger partial charge in [0, 0.05) is 18.3 Å². The first-order valence-electron chi connectivity index (χ1n) is 10.8. The van der Waals surface area contributed by atoms with Crippen LogP contribution in [0.25, 0.3) is 6.08 Å². The molecule has 3 aromatic carbocycles. The van der Waals surface area contributed by atoms with Crippen LogP contribution in [0.2, 0.25) is 0 Å². The summed E-state index contributed by atoms with van der Waals surface area (Å²) in [5.74, 6) is -0.850. The fourth-order valence-corrected chi connectivity index (χ4v) is 4.67. The third kappa shape index (κ3) is 4.78. The van der Waals surface area contributed by atoms with Crippen molar-refractivity contribution in [1.82, 2.24) is 0 Å². The van der Waals surface area contributed by atoms with Crippen molar-refractivity contribution in [2.75, 3.05) is 11.4 Å². The van der Waals surface area contributed by atoms with Crippen LogP contribution in [0.3, 0.4) is 0 Å². The second kappa shape index (κ2) is 8.89. The van der Waals surface area contributed by atoms with E-state index in [1.54, 1.807) is 24.3 Å². The van der Waals surface area contributed by atoms with Crippen LogP contribution >= 0.6 is 0 Å². The van der Waals surface area contributed by atoms with Gasteiger partial charge in [0.1, 0.15) is 5.75 Å². The summed E-state index contributed by atoms with van der Waals surface area (Å²) >= 11 is 0. The zero-order valence-corrected chi connectivity index (χ0v) is 18.5. The molecule has 0 saturated heterocycles. The van der Waals surface area contributed by atoms with Crippen LogP contribution in [0, 0.1) is 0 Å². The van der Waals surface area contributed by atoms with Crippen molar-refractivity contribution < 1.29 is 28.2 Å². The monoisotopic (exact) mass is 467 g/mol. The zero-order valence-electron chi connectivity index (χ0n) is 18.5. The van der Waals surface area contributed by atoms with Crippen molar-refractivity contribution in [2.24, 2.45) is 0 Å². The van der Waals surface area contributed by atoms with Gasteiger partial charge in [-0.1, -0.05) is 42.5 Å². The highest BCUT2D eigenvalue weighted by Crippen LogP contribution is 2.44. The van der Waals surface area contributed by atoms with Crippen LogP contribution in [0.15, 0.2) is 72.8 Å². The predicted molar refractivity (Wildman–Crippen MR) is 125 cm³/mol. The van der Waals surface area contributed by atoms with Crippen LogP contribution in [-0.2, 0) is 23.2 Å². The Hall–Kier alpha value is -3.74. The first-order chi connectivity index (χ1) is 16.1. The molecule has 0 spiro atoms. The number of rotatable bonds is 5. The van der Waals surface area contributed by atoms with Crippen molar-refractivity contribution in [1.29, 1.82) is 0 Å². The lowest BCUT2D eigenvalue weighted by atomic mass is 9.76. The molecule has 2 N–H and O–H groups in total. The second-order valence-electron chi connectivity index (χ2n) is 8.57. The smallest absolute Gasteiger partial charge is 0.393 e. The van der Waals surface area contributed by atoms with E-state index in [0.717, 1.165) is 34.0 Å². The number of hydrogen-bond donors (Lipinski definition) is 2. The van der Waals surface area contributed by atoms with E-state index in [0.29, 0.717) is 13.0 Å². The molecule has 3 aromatic rings. The van der Waals surface area contributed by atoms with Gasteiger partial charge >= 0.3 is 12.1 Å². The Morgan fingerprint density at radius 3 is 2.35 bits per heavy atom. The fraction of sp³-hybridized carbons (Fsp3) is 0.222. The Balaban J connectivity index is 1.77. The number of hydrogen-bond acceptors (Lipinski definition) is 3. The van der Waals surface area contributed by atoms with Gasteiger partial charge in [0.2, 0.25) is 0 Å². The Kier molecular flexibility index (Phi) is 6.13. The molecule has 4 nitrogen and oxygen atoms in total. The molecule has 4 rings (SSSR count). The van der Waals surface area contributed by atoms with E-state index in [-0.39, 0.29) is 11.3 Å². The Morgan fingerprint density at radius 2 is 1.74 bits per heavy atom. The largest absolute Gasteiger partial charge is 0.508 e. The third-order valence-corrected chi connectivity index (χ3v) is 6.30. The molecule has 0 amide bonds. The molecule has 0 aliphatic carbocycles. The highest BCUT2D eigenvalue weighted by atomic mass is 19.4. The van der Waals surface area contributed by atoms with Gasteiger partial charge in [-0.15, -0.1) is 0 Å². The first kappa shape index (κ1) is 23.4. The summed E-state index contributed by atoms with van der Waals surface area (Å²) in [7, 11) is 0. The summed E-state index contributed by atoms with van der Waals surface area (Å²) in [4.78, 5) is 13.0. The lowest BCUT2D eigenvalue weighted by Crippen LogP contribution is -2.49. The summed E-state index contributed by atoms with van der Waals surface area (Å²) in [6.45, 7) is 2.65. The van der Waals surface area contributed by atoms with E-state index < -0.39 is 24.1 Å². The quantitative estimate of drug-likeness (QED) is 0.457. The first-order valence-corrected chi connectivity index (χ1v) is 10.8. The molecular weight excluding hydrogens is 443 g/mol. The number of carboxylic acids is 1. The number of carboxylic acid groups (broad SMARTS) is 1. The number of phenols is 1. The predicted octanol–water partition coefficient (Wildman–Crippen LogP) is 5.92. The van der Waals surface area contributed by atoms with Gasteiger partial charge in [-0.2, -0.15) is 13.2 Å². The number of aromatic hydroxyl groups is 1. The molecule has 1 aliphatic heterocycles. The van der Waals surface area contributed by atoms with Gasteiger partial charge in [-0.25, -0.2) is 4.79 Å². The van der Waals surface area contributed by atoms with Crippen LogP contribution in [-0.4, -0.2) is 28.9 Å². The molecule has 1 heterocycles. The van der Waals surface area contributed by atoms with Gasteiger partial charge in [0.15, 0.2) is 0 Å². The van der Waals surface area contributed by atoms with E-state index >= 15 is 0 Å². The molecule has 176 valence electrons. The minimum atomic E-state index is -4.26. The minimum Gasteiger partial charge on any atom is -0.508 e. The summed E-state index contributed by atoms with van der Waals surface area (Å²) in [5, 5.41) is 18.9. The van der Waals surface area contributed by atoms with Gasteiger partial charge in [-0.3, -0.25) is 0 Å². The number of aliphatic carboxylic acids is 1. The average molecular weight is 467 g/mol. The Morgan fingerprint density at radius 1 is 1.06 bits per heavy atom. The molecular formula is C27H24F3NO3. The minimum absolute atomic E-state index is 0.181. The highest BCUT2D eigenvalue weighted by molar-refractivity contribution is 5.85. The Labute approximate surface area is 195 Å². The summed E-state index contributed by atoms with van der Waals surface area (Å²) in [6.07, 6.45) is -1.98. The lowest BCUT2D eigenvalue weighted by molar-refractivity contribution is -0.131. The number of nitrogens with zero attached hydrogens (tertiary/aromatic N) is 1. The molecule has 1 unspecified atom stereocenters. The van der Waals surface area contributed by atoms with Crippen LogP contribution in [0.1, 0.15) is 34.7 Å². The van der Waals surface area contributed by atoms with Crippen molar-refractivity contribution in [3.63, 3.8) is 0 Å². The van der Waals surface area contributed by atoms with Gasteiger partial charge < -0.3 is 15.1 Å². The maximum atomic E-state index is 12.8. The van der Waals surface area contributed by atoms with Crippen molar-refractivity contribution in [3.05, 3.63) is 101 Å². The molecule has 0 fully saturated rings. The van der Waals surface area contributed by atoms with E-state index in [4.69, 9.17) is 5.11 Å². The molecule has 7 heteroatoms. The average Bonchev–Trinajstić information content (AvgIpc) is 2.78. The molecule has 0 saturated carbocycles. The fourth-order valence-electron chi connectivity index (χ4n) is 4.67. The SMILES string of the molecule is CC1(c2ccc(C=CC(=O)O)cc2)c2ccc(O)cc2CCN1c1ccc(CC(F)(F)F)cc1. The van der Waals surface area contributed by atoms with E-state index in [1.165, 1.54) is 18.2 Å². The van der Waals surface area contributed by atoms with E-state index in [2.05, 4.69) is 4.90 Å². The number of alkyl halides is 3. The topological polar surface area (TPSA) is 60.8 Å². The van der Waals surface area contributed by atoms with E-state index in [1.807, 2.05) is 37.3 Å². The summed E-state index contributed by atoms with van der Waals surface area (Å²) in [6, 6.07) is 19.2. The van der Waals surface area contributed by atoms with E-state index in [9.17, 15) is 23.1 Å². The number of anilines is 1. The van der Waals surface area contributed by atoms with Crippen molar-refractivity contribution in [2.45, 2.75) is 31.5 Å². The van der Waals surface area contributed by atoms with Crippen molar-refractivity contribution >= 4 is 17.7 Å². The zero-order chi connectivity index (χ0) is 24.5. The number of phenolic OH excluding ortho intramolecular Hbond substituents is 1.